The fourth-order valence-electron chi connectivity index (χ4n) is 3.73. The Labute approximate surface area is 180 Å². The van der Waals surface area contributed by atoms with E-state index in [1.165, 1.54) is 0 Å². The predicted octanol–water partition coefficient (Wildman–Crippen LogP) is 5.19. The van der Waals surface area contributed by atoms with Gasteiger partial charge in [-0.3, -0.25) is 9.59 Å². The highest BCUT2D eigenvalue weighted by atomic mass is 79.9. The third kappa shape index (κ3) is 2.88. The Morgan fingerprint density at radius 2 is 1.67 bits per heavy atom. The fraction of sp³-hybridized carbons (Fsp3) is 0.0417. The summed E-state index contributed by atoms with van der Waals surface area (Å²) in [5, 5.41) is 1.48. The highest BCUT2D eigenvalue weighted by Gasteiger charge is 2.34. The van der Waals surface area contributed by atoms with Crippen LogP contribution in [-0.4, -0.2) is 17.8 Å². The number of rotatable bonds is 3. The zero-order valence-electron chi connectivity index (χ0n) is 15.6. The van der Waals surface area contributed by atoms with Crippen LogP contribution in [0.15, 0.2) is 82.9 Å². The van der Waals surface area contributed by atoms with Crippen molar-refractivity contribution in [1.29, 1.82) is 0 Å². The van der Waals surface area contributed by atoms with E-state index in [1.807, 2.05) is 24.3 Å². The van der Waals surface area contributed by atoms with Gasteiger partial charge in [0.15, 0.2) is 0 Å². The molecule has 2 aliphatic rings. The fourth-order valence-corrected chi connectivity index (χ4v) is 4.19. The first kappa shape index (κ1) is 18.5. The number of amides is 2. The van der Waals surface area contributed by atoms with Crippen molar-refractivity contribution in [2.24, 2.45) is 0 Å². The minimum Gasteiger partial charge on any atom is -0.423 e. The number of carbonyl (C=O) groups is 3. The molecule has 1 heterocycles. The van der Waals surface area contributed by atoms with Crippen LogP contribution in [0.4, 0.5) is 5.69 Å². The highest BCUT2D eigenvalue weighted by Crippen LogP contribution is 2.36. The lowest BCUT2D eigenvalue weighted by Crippen LogP contribution is -2.40. The van der Waals surface area contributed by atoms with Gasteiger partial charge in [0.2, 0.25) is 0 Å². The average Bonchev–Trinajstić information content (AvgIpc) is 3.29. The maximum absolute atomic E-state index is 13.2. The second-order valence-electron chi connectivity index (χ2n) is 6.98. The van der Waals surface area contributed by atoms with Gasteiger partial charge >= 0.3 is 5.97 Å². The van der Waals surface area contributed by atoms with E-state index in [1.54, 1.807) is 48.5 Å². The standard InChI is InChI=1S/C24H14BrNO4/c25-20-13-12-19-21-17(20)6-3-7-18(21)22(27)26(23(19)28)15-8-10-16(11-9-15)30-24(29)14-4-1-2-5-14/h1-4,6-13H,5H2. The van der Waals surface area contributed by atoms with Crippen molar-refractivity contribution in [2.75, 3.05) is 4.90 Å². The van der Waals surface area contributed by atoms with Crippen LogP contribution in [0.25, 0.3) is 10.8 Å². The van der Waals surface area contributed by atoms with Crippen molar-refractivity contribution in [1.82, 2.24) is 0 Å². The molecule has 0 aromatic heterocycles. The van der Waals surface area contributed by atoms with Gasteiger partial charge < -0.3 is 4.74 Å². The molecule has 3 aromatic carbocycles. The van der Waals surface area contributed by atoms with E-state index >= 15 is 0 Å². The molecule has 30 heavy (non-hydrogen) atoms. The number of hydrogen-bond donors (Lipinski definition) is 0. The summed E-state index contributed by atoms with van der Waals surface area (Å²) in [6.45, 7) is 0. The summed E-state index contributed by atoms with van der Waals surface area (Å²) in [6.07, 6.45) is 5.96. The number of hydrogen-bond acceptors (Lipinski definition) is 4. The molecular formula is C24H14BrNO4. The molecule has 146 valence electrons. The van der Waals surface area contributed by atoms with Crippen LogP contribution in [0, 0.1) is 0 Å². The van der Waals surface area contributed by atoms with E-state index in [9.17, 15) is 14.4 Å². The summed E-state index contributed by atoms with van der Waals surface area (Å²) in [4.78, 5) is 39.6. The Bertz CT molecular complexity index is 1280. The third-order valence-electron chi connectivity index (χ3n) is 5.19. The van der Waals surface area contributed by atoms with Crippen LogP contribution in [0.2, 0.25) is 0 Å². The van der Waals surface area contributed by atoms with Crippen LogP contribution in [0.5, 0.6) is 5.75 Å². The summed E-state index contributed by atoms with van der Waals surface area (Å²) in [6, 6.07) is 15.3. The molecule has 5 rings (SSSR count). The molecule has 6 heteroatoms. The molecule has 3 aromatic rings. The highest BCUT2D eigenvalue weighted by molar-refractivity contribution is 9.10. The molecule has 5 nitrogen and oxygen atoms in total. The van der Waals surface area contributed by atoms with E-state index < -0.39 is 5.97 Å². The van der Waals surface area contributed by atoms with Gasteiger partial charge in [-0.1, -0.05) is 46.3 Å². The number of allylic oxidation sites excluding steroid dienone is 3. The Hall–Kier alpha value is -3.51. The van der Waals surface area contributed by atoms with Crippen molar-refractivity contribution < 1.29 is 19.1 Å². The van der Waals surface area contributed by atoms with E-state index in [-0.39, 0.29) is 11.8 Å². The second-order valence-corrected chi connectivity index (χ2v) is 7.83. The number of nitrogens with zero attached hydrogens (tertiary/aromatic N) is 1. The van der Waals surface area contributed by atoms with Gasteiger partial charge in [0, 0.05) is 26.6 Å². The molecule has 0 saturated carbocycles. The number of halogens is 1. The Morgan fingerprint density at radius 1 is 0.933 bits per heavy atom. The number of benzene rings is 3. The van der Waals surface area contributed by atoms with Gasteiger partial charge in [-0.2, -0.15) is 0 Å². The first-order chi connectivity index (χ1) is 14.5. The van der Waals surface area contributed by atoms with Gasteiger partial charge in [0.05, 0.1) is 5.69 Å². The predicted molar refractivity (Wildman–Crippen MR) is 117 cm³/mol. The third-order valence-corrected chi connectivity index (χ3v) is 5.88. The lowest BCUT2D eigenvalue weighted by atomic mass is 9.94. The topological polar surface area (TPSA) is 63.7 Å². The first-order valence-corrected chi connectivity index (χ1v) is 10.1. The Kier molecular flexibility index (Phi) is 4.37. The number of esters is 1. The molecule has 1 aliphatic heterocycles. The number of ether oxygens (including phenoxy) is 1. The molecule has 0 saturated heterocycles. The second kappa shape index (κ2) is 7.07. The molecule has 0 unspecified atom stereocenters. The van der Waals surface area contributed by atoms with E-state index in [0.29, 0.717) is 39.9 Å². The van der Waals surface area contributed by atoms with Gasteiger partial charge in [-0.05, 0) is 54.3 Å². The Morgan fingerprint density at radius 3 is 2.37 bits per heavy atom. The summed E-state index contributed by atoms with van der Waals surface area (Å²) in [7, 11) is 0. The van der Waals surface area contributed by atoms with Crippen LogP contribution >= 0.6 is 15.9 Å². The van der Waals surface area contributed by atoms with Crippen molar-refractivity contribution in [3.63, 3.8) is 0 Å². The van der Waals surface area contributed by atoms with E-state index in [0.717, 1.165) is 14.8 Å². The first-order valence-electron chi connectivity index (χ1n) is 9.32. The molecule has 0 spiro atoms. The van der Waals surface area contributed by atoms with Crippen molar-refractivity contribution in [3.8, 4) is 5.75 Å². The van der Waals surface area contributed by atoms with Crippen molar-refractivity contribution in [2.45, 2.75) is 6.42 Å². The minimum atomic E-state index is -0.413. The number of anilines is 1. The minimum absolute atomic E-state index is 0.347. The maximum atomic E-state index is 13.2. The quantitative estimate of drug-likeness (QED) is 0.307. The zero-order chi connectivity index (χ0) is 20.8. The molecular weight excluding hydrogens is 446 g/mol. The molecule has 0 atom stereocenters. The normalized spacial score (nSPS) is 15.0. The van der Waals surface area contributed by atoms with Gasteiger partial charge in [-0.25, -0.2) is 9.69 Å². The van der Waals surface area contributed by atoms with Crippen molar-refractivity contribution >= 4 is 50.2 Å². The average molecular weight is 460 g/mol. The van der Waals surface area contributed by atoms with Crippen molar-refractivity contribution in [3.05, 3.63) is 94.0 Å². The van der Waals surface area contributed by atoms with Gasteiger partial charge in [0.1, 0.15) is 5.75 Å². The van der Waals surface area contributed by atoms with Crippen LogP contribution in [0.3, 0.4) is 0 Å². The Balaban J connectivity index is 1.47. The molecule has 1 aliphatic carbocycles. The molecule has 0 N–H and O–H groups in total. The number of carbonyl (C=O) groups excluding carboxylic acids is 3. The SMILES string of the molecule is O=C(Oc1ccc(N2C(=O)c3cccc4c(Br)ccc(c34)C2=O)cc1)C1=CC=CC1. The van der Waals surface area contributed by atoms with Crippen LogP contribution in [-0.2, 0) is 4.79 Å². The van der Waals surface area contributed by atoms with Crippen LogP contribution < -0.4 is 9.64 Å². The number of imide groups is 1. The molecule has 0 radical (unpaired) electrons. The summed E-state index contributed by atoms with van der Waals surface area (Å²) in [5.74, 6) is -0.838. The lowest BCUT2D eigenvalue weighted by Gasteiger charge is -2.27. The van der Waals surface area contributed by atoms with Crippen LogP contribution in [0.1, 0.15) is 27.1 Å². The summed E-state index contributed by atoms with van der Waals surface area (Å²) in [5.41, 5.74) is 1.94. The monoisotopic (exact) mass is 459 g/mol. The lowest BCUT2D eigenvalue weighted by molar-refractivity contribution is -0.130. The maximum Gasteiger partial charge on any atom is 0.339 e. The summed E-state index contributed by atoms with van der Waals surface area (Å²) >= 11 is 3.48. The zero-order valence-corrected chi connectivity index (χ0v) is 17.2. The molecule has 2 amide bonds. The van der Waals surface area contributed by atoms with E-state index in [2.05, 4.69) is 15.9 Å². The summed E-state index contributed by atoms with van der Waals surface area (Å²) < 4.78 is 6.20. The largest absolute Gasteiger partial charge is 0.423 e. The van der Waals surface area contributed by atoms with E-state index in [4.69, 9.17) is 4.74 Å². The van der Waals surface area contributed by atoms with Gasteiger partial charge in [-0.15, -0.1) is 0 Å². The molecule has 0 fully saturated rings. The van der Waals surface area contributed by atoms with Gasteiger partial charge in [0.25, 0.3) is 11.8 Å². The smallest absolute Gasteiger partial charge is 0.339 e. The molecule has 0 bridgehead atoms.